The first-order chi connectivity index (χ1) is 8.05. The molecule has 0 aromatic heterocycles. The monoisotopic (exact) mass is 283 g/mol. The maximum Gasteiger partial charge on any atom is 0.214 e. The van der Waals surface area contributed by atoms with E-state index in [0.717, 1.165) is 32.1 Å². The number of halogens is 1. The third-order valence-electron chi connectivity index (χ3n) is 2.96. The number of sulfonamides is 1. The summed E-state index contributed by atoms with van der Waals surface area (Å²) in [5.41, 5.74) is 0. The van der Waals surface area contributed by atoms with E-state index in [1.165, 1.54) is 0 Å². The minimum absolute atomic E-state index is 0.0148. The molecule has 0 bridgehead atoms. The largest absolute Gasteiger partial charge is 0.381 e. The molecule has 0 radical (unpaired) electrons. The molecule has 102 valence electrons. The van der Waals surface area contributed by atoms with Gasteiger partial charge < -0.3 is 4.74 Å². The van der Waals surface area contributed by atoms with Crippen molar-refractivity contribution in [1.82, 2.24) is 4.72 Å². The van der Waals surface area contributed by atoms with Gasteiger partial charge in [-0.3, -0.25) is 0 Å². The fraction of sp³-hybridized carbons (Fsp3) is 1.00. The second kappa shape index (κ2) is 7.56. The fourth-order valence-corrected chi connectivity index (χ4v) is 3.61. The van der Waals surface area contributed by atoms with E-state index in [0.29, 0.717) is 6.61 Å². The minimum Gasteiger partial charge on any atom is -0.381 e. The van der Waals surface area contributed by atoms with Crippen LogP contribution in [-0.4, -0.2) is 38.8 Å². The third-order valence-corrected chi connectivity index (χ3v) is 4.85. The first-order valence-electron chi connectivity index (χ1n) is 6.27. The van der Waals surface area contributed by atoms with Crippen molar-refractivity contribution in [3.63, 3.8) is 0 Å². The summed E-state index contributed by atoms with van der Waals surface area (Å²) in [6, 6.07) is -0.120. The van der Waals surface area contributed by atoms with Gasteiger partial charge in [-0.15, -0.1) is 11.6 Å². The van der Waals surface area contributed by atoms with Crippen molar-refractivity contribution in [2.75, 3.05) is 19.0 Å². The van der Waals surface area contributed by atoms with Gasteiger partial charge in [0.15, 0.2) is 0 Å². The summed E-state index contributed by atoms with van der Waals surface area (Å²) in [6.07, 6.45) is 5.00. The summed E-state index contributed by atoms with van der Waals surface area (Å²) in [5.74, 6) is 0.0148. The molecule has 1 aliphatic rings. The Morgan fingerprint density at radius 3 is 2.71 bits per heavy atom. The van der Waals surface area contributed by atoms with Crippen LogP contribution in [0.15, 0.2) is 0 Å². The Kier molecular flexibility index (Phi) is 6.77. The number of nitrogens with one attached hydrogen (secondary N) is 1. The third kappa shape index (κ3) is 6.04. The summed E-state index contributed by atoms with van der Waals surface area (Å²) in [6.45, 7) is 2.63. The van der Waals surface area contributed by atoms with Gasteiger partial charge in [0, 0.05) is 18.0 Å². The zero-order valence-electron chi connectivity index (χ0n) is 10.3. The Hall–Kier alpha value is 0.160. The van der Waals surface area contributed by atoms with Gasteiger partial charge in [0.2, 0.25) is 10.0 Å². The van der Waals surface area contributed by atoms with Crippen LogP contribution in [-0.2, 0) is 14.8 Å². The predicted molar refractivity (Wildman–Crippen MR) is 69.9 cm³/mol. The van der Waals surface area contributed by atoms with Crippen molar-refractivity contribution in [1.29, 1.82) is 0 Å². The van der Waals surface area contributed by atoms with Crippen molar-refractivity contribution in [3.05, 3.63) is 0 Å². The Labute approximate surface area is 109 Å². The molecule has 1 fully saturated rings. The molecule has 1 saturated carbocycles. The molecule has 2 unspecified atom stereocenters. The Bertz CT molecular complexity index is 308. The molecule has 6 heteroatoms. The first kappa shape index (κ1) is 15.2. The number of ether oxygens (including phenoxy) is 1. The van der Waals surface area contributed by atoms with E-state index in [1.807, 2.05) is 6.92 Å². The van der Waals surface area contributed by atoms with Gasteiger partial charge in [-0.25, -0.2) is 13.1 Å². The lowest BCUT2D eigenvalue weighted by atomic mass is 10.1. The zero-order valence-corrected chi connectivity index (χ0v) is 11.9. The van der Waals surface area contributed by atoms with Crippen molar-refractivity contribution >= 4 is 21.6 Å². The summed E-state index contributed by atoms with van der Waals surface area (Å²) in [7, 11) is -3.26. The Balaban J connectivity index is 2.44. The lowest BCUT2D eigenvalue weighted by Gasteiger charge is -2.20. The van der Waals surface area contributed by atoms with Crippen LogP contribution in [0.1, 0.15) is 39.0 Å². The lowest BCUT2D eigenvalue weighted by Crippen LogP contribution is -2.42. The van der Waals surface area contributed by atoms with Crippen LogP contribution in [0.3, 0.4) is 0 Å². The van der Waals surface area contributed by atoms with Crippen LogP contribution in [0.2, 0.25) is 0 Å². The predicted octanol–water partition coefficient (Wildman–Crippen LogP) is 1.88. The van der Waals surface area contributed by atoms with Gasteiger partial charge in [-0.05, 0) is 19.8 Å². The van der Waals surface area contributed by atoms with Crippen molar-refractivity contribution in [2.45, 2.75) is 50.4 Å². The topological polar surface area (TPSA) is 55.4 Å². The SMILES string of the molecule is CCOCCS(=O)(=O)NC1CCCCCC1Cl. The van der Waals surface area contributed by atoms with E-state index < -0.39 is 10.0 Å². The molecule has 1 rings (SSSR count). The molecule has 4 nitrogen and oxygen atoms in total. The van der Waals surface area contributed by atoms with E-state index in [1.54, 1.807) is 0 Å². The molecule has 0 saturated heterocycles. The van der Waals surface area contributed by atoms with E-state index in [-0.39, 0.29) is 23.8 Å². The van der Waals surface area contributed by atoms with E-state index >= 15 is 0 Å². The average molecular weight is 284 g/mol. The molecule has 0 aromatic rings. The molecule has 0 aromatic carbocycles. The summed E-state index contributed by atoms with van der Waals surface area (Å²) < 4.78 is 31.3. The maximum atomic E-state index is 11.8. The molecule has 0 aliphatic heterocycles. The van der Waals surface area contributed by atoms with Gasteiger partial charge >= 0.3 is 0 Å². The highest BCUT2D eigenvalue weighted by Crippen LogP contribution is 2.22. The average Bonchev–Trinajstić information content (AvgIpc) is 2.44. The normalized spacial score (nSPS) is 26.7. The molecular weight excluding hydrogens is 262 g/mol. The van der Waals surface area contributed by atoms with Crippen LogP contribution >= 0.6 is 11.6 Å². The molecule has 17 heavy (non-hydrogen) atoms. The highest BCUT2D eigenvalue weighted by Gasteiger charge is 2.25. The van der Waals surface area contributed by atoms with Crippen LogP contribution in [0.25, 0.3) is 0 Å². The minimum atomic E-state index is -3.26. The van der Waals surface area contributed by atoms with E-state index in [2.05, 4.69) is 4.72 Å². The second-order valence-electron chi connectivity index (χ2n) is 4.39. The molecule has 1 aliphatic carbocycles. The number of hydrogen-bond donors (Lipinski definition) is 1. The lowest BCUT2D eigenvalue weighted by molar-refractivity contribution is 0.163. The highest BCUT2D eigenvalue weighted by molar-refractivity contribution is 7.89. The van der Waals surface area contributed by atoms with Crippen molar-refractivity contribution < 1.29 is 13.2 Å². The summed E-state index contributed by atoms with van der Waals surface area (Å²) in [5, 5.41) is -0.0839. The van der Waals surface area contributed by atoms with Gasteiger partial charge in [-0.1, -0.05) is 19.3 Å². The zero-order chi connectivity index (χ0) is 12.7. The Morgan fingerprint density at radius 2 is 2.00 bits per heavy atom. The summed E-state index contributed by atoms with van der Waals surface area (Å²) in [4.78, 5) is 0. The van der Waals surface area contributed by atoms with Gasteiger partial charge in [0.25, 0.3) is 0 Å². The molecular formula is C11H22ClNO3S. The Morgan fingerprint density at radius 1 is 1.29 bits per heavy atom. The quantitative estimate of drug-likeness (QED) is 0.460. The molecule has 0 spiro atoms. The smallest absolute Gasteiger partial charge is 0.214 e. The first-order valence-corrected chi connectivity index (χ1v) is 8.36. The van der Waals surface area contributed by atoms with Crippen LogP contribution in [0.5, 0.6) is 0 Å². The standard InChI is InChI=1S/C11H22ClNO3S/c1-2-16-8-9-17(14,15)13-11-7-5-3-4-6-10(11)12/h10-11,13H,2-9H2,1H3. The van der Waals surface area contributed by atoms with Crippen LogP contribution in [0.4, 0.5) is 0 Å². The molecule has 1 N–H and O–H groups in total. The summed E-state index contributed by atoms with van der Waals surface area (Å²) >= 11 is 6.20. The molecule has 0 heterocycles. The fourth-order valence-electron chi connectivity index (χ4n) is 2.00. The van der Waals surface area contributed by atoms with Gasteiger partial charge in [0.1, 0.15) is 0 Å². The van der Waals surface area contributed by atoms with Crippen LogP contribution in [0, 0.1) is 0 Å². The number of hydrogen-bond acceptors (Lipinski definition) is 3. The second-order valence-corrected chi connectivity index (χ2v) is 6.83. The van der Waals surface area contributed by atoms with Gasteiger partial charge in [-0.2, -0.15) is 0 Å². The molecule has 2 atom stereocenters. The number of alkyl halides is 1. The van der Waals surface area contributed by atoms with Crippen molar-refractivity contribution in [2.24, 2.45) is 0 Å². The maximum absolute atomic E-state index is 11.8. The van der Waals surface area contributed by atoms with Crippen molar-refractivity contribution in [3.8, 4) is 0 Å². The number of rotatable bonds is 6. The van der Waals surface area contributed by atoms with E-state index in [9.17, 15) is 8.42 Å². The van der Waals surface area contributed by atoms with E-state index in [4.69, 9.17) is 16.3 Å². The van der Waals surface area contributed by atoms with Gasteiger partial charge in [0.05, 0.1) is 12.4 Å². The highest BCUT2D eigenvalue weighted by atomic mass is 35.5. The molecule has 0 amide bonds. The van der Waals surface area contributed by atoms with Crippen LogP contribution < -0.4 is 4.72 Å².